The summed E-state index contributed by atoms with van der Waals surface area (Å²) in [5, 5.41) is 11.6. The number of rotatable bonds is 7. The Morgan fingerprint density at radius 3 is 2.72 bits per heavy atom. The Kier molecular flexibility index (Phi) is 5.74. The number of amides is 1. The minimum Gasteiger partial charge on any atom is -0.356 e. The van der Waals surface area contributed by atoms with Gasteiger partial charge in [-0.25, -0.2) is 0 Å². The van der Waals surface area contributed by atoms with E-state index in [1.165, 1.54) is 25.7 Å². The molecule has 0 radical (unpaired) electrons. The first-order chi connectivity index (χ1) is 14.1. The van der Waals surface area contributed by atoms with Gasteiger partial charge in [0.1, 0.15) is 0 Å². The lowest BCUT2D eigenvalue weighted by molar-refractivity contribution is -0.122. The van der Waals surface area contributed by atoms with Gasteiger partial charge >= 0.3 is 0 Å². The van der Waals surface area contributed by atoms with Gasteiger partial charge in [-0.1, -0.05) is 18.0 Å². The topological polar surface area (TPSA) is 85.8 Å². The Morgan fingerprint density at radius 2 is 2.03 bits per heavy atom. The Bertz CT molecular complexity index is 968. The second kappa shape index (κ2) is 8.59. The molecule has 1 fully saturated rings. The van der Waals surface area contributed by atoms with Crippen molar-refractivity contribution in [3.05, 3.63) is 42.0 Å². The minimum absolute atomic E-state index is 0.133. The molecule has 0 bridgehead atoms. The summed E-state index contributed by atoms with van der Waals surface area (Å²) >= 11 is 0. The highest BCUT2D eigenvalue weighted by Gasteiger charge is 2.20. The van der Waals surface area contributed by atoms with Gasteiger partial charge < -0.3 is 9.84 Å². The summed E-state index contributed by atoms with van der Waals surface area (Å²) in [6, 6.07) is 5.91. The largest absolute Gasteiger partial charge is 0.356 e. The van der Waals surface area contributed by atoms with E-state index >= 15 is 0 Å². The van der Waals surface area contributed by atoms with Crippen molar-refractivity contribution in [3.8, 4) is 22.6 Å². The molecule has 0 aromatic carbocycles. The number of carbonyl (C=O) groups is 1. The average molecular weight is 393 g/mol. The van der Waals surface area contributed by atoms with Gasteiger partial charge in [-0.05, 0) is 44.7 Å². The maximum absolute atomic E-state index is 12.2. The molecule has 0 unspecified atom stereocenters. The molecular weight excluding hydrogens is 366 g/mol. The molecule has 29 heavy (non-hydrogen) atoms. The van der Waals surface area contributed by atoms with Crippen LogP contribution in [0.2, 0.25) is 0 Å². The van der Waals surface area contributed by atoms with Crippen LogP contribution in [0.4, 0.5) is 0 Å². The fourth-order valence-electron chi connectivity index (χ4n) is 3.99. The second-order valence-electron chi connectivity index (χ2n) is 7.86. The summed E-state index contributed by atoms with van der Waals surface area (Å²) in [5.74, 6) is 1.36. The zero-order valence-corrected chi connectivity index (χ0v) is 17.0. The zero-order valence-electron chi connectivity index (χ0n) is 17.0. The normalized spacial score (nSPS) is 14.4. The molecule has 4 rings (SSSR count). The van der Waals surface area contributed by atoms with E-state index in [9.17, 15) is 4.79 Å². The van der Waals surface area contributed by atoms with Gasteiger partial charge in [0.2, 0.25) is 5.91 Å². The summed E-state index contributed by atoms with van der Waals surface area (Å²) in [6.45, 7) is 4.97. The van der Waals surface area contributed by atoms with E-state index < -0.39 is 0 Å². The van der Waals surface area contributed by atoms with Crippen LogP contribution in [-0.4, -0.2) is 32.4 Å². The molecule has 1 aliphatic rings. The van der Waals surface area contributed by atoms with E-state index in [2.05, 4.69) is 20.6 Å². The summed E-state index contributed by atoms with van der Waals surface area (Å²) in [7, 11) is 0. The van der Waals surface area contributed by atoms with Gasteiger partial charge in [0.25, 0.3) is 0 Å². The number of hydrogen-bond acceptors (Lipinski definition) is 5. The molecule has 7 nitrogen and oxygen atoms in total. The van der Waals surface area contributed by atoms with Crippen LogP contribution in [0.1, 0.15) is 43.5 Å². The Balaban J connectivity index is 1.51. The third-order valence-corrected chi connectivity index (χ3v) is 5.51. The maximum atomic E-state index is 12.2. The fourth-order valence-corrected chi connectivity index (χ4v) is 3.99. The highest BCUT2D eigenvalue weighted by Crippen LogP contribution is 2.32. The van der Waals surface area contributed by atoms with Gasteiger partial charge in [-0.2, -0.15) is 5.10 Å². The molecule has 1 amide bonds. The van der Waals surface area contributed by atoms with Crippen molar-refractivity contribution >= 4 is 5.91 Å². The molecule has 0 saturated heterocycles. The Labute approximate surface area is 170 Å². The van der Waals surface area contributed by atoms with Crippen molar-refractivity contribution in [1.82, 2.24) is 25.2 Å². The first-order valence-corrected chi connectivity index (χ1v) is 10.3. The van der Waals surface area contributed by atoms with Crippen molar-refractivity contribution in [3.63, 3.8) is 0 Å². The summed E-state index contributed by atoms with van der Waals surface area (Å²) in [6.07, 6.45) is 9.13. The van der Waals surface area contributed by atoms with Crippen molar-refractivity contribution in [2.75, 3.05) is 6.54 Å². The van der Waals surface area contributed by atoms with Gasteiger partial charge in [0.05, 0.1) is 29.7 Å². The van der Waals surface area contributed by atoms with Gasteiger partial charge in [-0.15, -0.1) is 0 Å². The molecule has 0 aliphatic heterocycles. The molecule has 7 heteroatoms. The molecule has 1 aliphatic carbocycles. The highest BCUT2D eigenvalue weighted by molar-refractivity contribution is 5.78. The molecule has 0 spiro atoms. The molecule has 3 aromatic heterocycles. The number of aromatic nitrogens is 4. The molecular formula is C22H27N5O2. The number of nitrogens with one attached hydrogen (secondary N) is 1. The lowest BCUT2D eigenvalue weighted by atomic mass is 10.0. The van der Waals surface area contributed by atoms with E-state index in [1.54, 1.807) is 6.20 Å². The highest BCUT2D eigenvalue weighted by atomic mass is 16.5. The van der Waals surface area contributed by atoms with Crippen LogP contribution in [0.25, 0.3) is 22.6 Å². The lowest BCUT2D eigenvalue weighted by Crippen LogP contribution is -2.28. The van der Waals surface area contributed by atoms with Gasteiger partial charge in [0, 0.05) is 36.5 Å². The number of aryl methyl sites for hydroxylation is 2. The Morgan fingerprint density at radius 1 is 1.21 bits per heavy atom. The fraction of sp³-hybridized carbons (Fsp3) is 0.455. The summed E-state index contributed by atoms with van der Waals surface area (Å²) < 4.78 is 7.37. The number of pyridine rings is 1. The number of nitrogens with zero attached hydrogens (tertiary/aromatic N) is 4. The minimum atomic E-state index is 0.133. The molecule has 152 valence electrons. The van der Waals surface area contributed by atoms with Crippen LogP contribution in [0.3, 0.4) is 0 Å². The number of hydrogen-bond donors (Lipinski definition) is 1. The van der Waals surface area contributed by atoms with Gasteiger partial charge in [0.15, 0.2) is 5.76 Å². The van der Waals surface area contributed by atoms with E-state index in [0.717, 1.165) is 28.2 Å². The molecule has 3 heterocycles. The van der Waals surface area contributed by atoms with Crippen LogP contribution in [0, 0.1) is 19.8 Å². The van der Waals surface area contributed by atoms with Crippen LogP contribution in [0.5, 0.6) is 0 Å². The van der Waals surface area contributed by atoms with E-state index in [4.69, 9.17) is 4.52 Å². The third kappa shape index (κ3) is 4.55. The Hall–Kier alpha value is -2.96. The molecule has 1 saturated carbocycles. The predicted molar refractivity (Wildman–Crippen MR) is 110 cm³/mol. The summed E-state index contributed by atoms with van der Waals surface area (Å²) in [5.41, 5.74) is 4.51. The number of carbonyl (C=O) groups excluding carboxylic acids is 1. The first kappa shape index (κ1) is 19.4. The standard InChI is InChI=1S/C22H27N5O2/c1-15-7-8-18(13-24-15)22-19(20-11-16(2)26-29-20)14-25-27(22)10-9-23-21(28)12-17-5-3-4-6-17/h7-8,11,13-14,17H,3-6,9-10,12H2,1-2H3,(H,23,28). The van der Waals surface area contributed by atoms with Crippen LogP contribution in [0.15, 0.2) is 35.1 Å². The van der Waals surface area contributed by atoms with E-state index in [0.29, 0.717) is 31.2 Å². The van der Waals surface area contributed by atoms with Crippen molar-refractivity contribution in [2.45, 2.75) is 52.5 Å². The predicted octanol–water partition coefficient (Wildman–Crippen LogP) is 3.91. The van der Waals surface area contributed by atoms with E-state index in [1.807, 2.05) is 42.9 Å². The van der Waals surface area contributed by atoms with Crippen LogP contribution in [-0.2, 0) is 11.3 Å². The van der Waals surface area contributed by atoms with Crippen molar-refractivity contribution < 1.29 is 9.32 Å². The zero-order chi connectivity index (χ0) is 20.2. The van der Waals surface area contributed by atoms with Gasteiger partial charge in [-0.3, -0.25) is 14.5 Å². The van der Waals surface area contributed by atoms with Crippen molar-refractivity contribution in [1.29, 1.82) is 0 Å². The van der Waals surface area contributed by atoms with Crippen molar-refractivity contribution in [2.24, 2.45) is 5.92 Å². The van der Waals surface area contributed by atoms with Crippen LogP contribution >= 0.6 is 0 Å². The lowest BCUT2D eigenvalue weighted by Gasteiger charge is -2.12. The second-order valence-corrected chi connectivity index (χ2v) is 7.86. The SMILES string of the molecule is Cc1ccc(-c2c(-c3cc(C)no3)cnn2CCNC(=O)CC2CCCC2)cn1. The summed E-state index contributed by atoms with van der Waals surface area (Å²) in [4.78, 5) is 16.7. The third-order valence-electron chi connectivity index (χ3n) is 5.51. The van der Waals surface area contributed by atoms with E-state index in [-0.39, 0.29) is 5.91 Å². The molecule has 0 atom stereocenters. The smallest absolute Gasteiger partial charge is 0.220 e. The first-order valence-electron chi connectivity index (χ1n) is 10.3. The van der Waals surface area contributed by atoms with Crippen LogP contribution < -0.4 is 5.32 Å². The quantitative estimate of drug-likeness (QED) is 0.658. The maximum Gasteiger partial charge on any atom is 0.220 e. The average Bonchev–Trinajstić information content (AvgIpc) is 3.44. The molecule has 3 aromatic rings. The molecule has 1 N–H and O–H groups in total. The monoisotopic (exact) mass is 393 g/mol.